The summed E-state index contributed by atoms with van der Waals surface area (Å²) < 4.78 is 5.51. The Morgan fingerprint density at radius 2 is 2.00 bits per heavy atom. The van der Waals surface area contributed by atoms with Crippen LogP contribution in [0.1, 0.15) is 5.69 Å². The number of nitrogens with one attached hydrogen (secondary N) is 1. The fourth-order valence-electron chi connectivity index (χ4n) is 1.18. The van der Waals surface area contributed by atoms with E-state index in [0.29, 0.717) is 28.0 Å². The Kier molecular flexibility index (Phi) is 2.92. The molecule has 4 nitrogen and oxygen atoms in total. The van der Waals surface area contributed by atoms with Gasteiger partial charge in [0.05, 0.1) is 16.4 Å². The van der Waals surface area contributed by atoms with Crippen LogP contribution in [0.25, 0.3) is 0 Å². The Labute approximate surface area is 98.0 Å². The summed E-state index contributed by atoms with van der Waals surface area (Å²) in [6.45, 7) is 1.80. The maximum absolute atomic E-state index is 7.39. The highest BCUT2D eigenvalue weighted by Crippen LogP contribution is 2.30. The van der Waals surface area contributed by atoms with Crippen LogP contribution in [0.2, 0.25) is 5.02 Å². The number of benzene rings is 1. The lowest BCUT2D eigenvalue weighted by Gasteiger charge is -2.07. The van der Waals surface area contributed by atoms with Gasteiger partial charge in [0, 0.05) is 12.4 Å². The first kappa shape index (κ1) is 10.7. The molecule has 0 spiro atoms. The first-order valence-electron chi connectivity index (χ1n) is 4.63. The average Bonchev–Trinajstić information content (AvgIpc) is 2.25. The molecule has 0 bridgehead atoms. The van der Waals surface area contributed by atoms with Gasteiger partial charge in [-0.2, -0.15) is 0 Å². The van der Waals surface area contributed by atoms with E-state index >= 15 is 0 Å². The summed E-state index contributed by atoms with van der Waals surface area (Å²) in [5, 5.41) is 0.387. The molecule has 0 aliphatic rings. The molecule has 5 heteroatoms. The molecule has 1 heterocycles. The summed E-state index contributed by atoms with van der Waals surface area (Å²) in [5.74, 6) is 0.892. The van der Waals surface area contributed by atoms with Crippen molar-refractivity contribution in [1.29, 1.82) is 0 Å². The van der Waals surface area contributed by atoms with Crippen LogP contribution in [-0.2, 0) is 0 Å². The zero-order valence-corrected chi connectivity index (χ0v) is 9.32. The SMILES string of the molecule is Cc1nccnc1Oc1ccc([NH])cc1Cl. The summed E-state index contributed by atoms with van der Waals surface area (Å²) in [6, 6.07) is 4.76. The number of nitrogens with zero attached hydrogens (tertiary/aromatic N) is 2. The van der Waals surface area contributed by atoms with Crippen LogP contribution in [0, 0.1) is 6.92 Å². The number of aromatic nitrogens is 2. The molecule has 1 N–H and O–H groups in total. The Hall–Kier alpha value is -1.81. The predicted octanol–water partition coefficient (Wildman–Crippen LogP) is 3.15. The fraction of sp³-hybridized carbons (Fsp3) is 0.0909. The highest BCUT2D eigenvalue weighted by Gasteiger charge is 2.07. The smallest absolute Gasteiger partial charge is 0.240 e. The fourth-order valence-corrected chi connectivity index (χ4v) is 1.40. The molecular weight excluding hydrogens is 226 g/mol. The maximum Gasteiger partial charge on any atom is 0.240 e. The molecule has 0 unspecified atom stereocenters. The molecule has 0 saturated carbocycles. The van der Waals surface area contributed by atoms with E-state index in [0.717, 1.165) is 0 Å². The number of ether oxygens (including phenoxy) is 1. The molecule has 0 saturated heterocycles. The molecule has 16 heavy (non-hydrogen) atoms. The summed E-state index contributed by atoms with van der Waals surface area (Å²) >= 11 is 5.94. The molecule has 2 rings (SSSR count). The van der Waals surface area contributed by atoms with Gasteiger partial charge in [-0.15, -0.1) is 0 Å². The topological polar surface area (TPSA) is 58.8 Å². The first-order valence-corrected chi connectivity index (χ1v) is 5.01. The monoisotopic (exact) mass is 234 g/mol. The van der Waals surface area contributed by atoms with Crippen molar-refractivity contribution in [2.45, 2.75) is 6.92 Å². The van der Waals surface area contributed by atoms with Crippen molar-refractivity contribution in [3.63, 3.8) is 0 Å². The normalized spacial score (nSPS) is 10.1. The number of halogens is 1. The minimum atomic E-state index is 0.341. The lowest BCUT2D eigenvalue weighted by Crippen LogP contribution is -1.93. The van der Waals surface area contributed by atoms with Gasteiger partial charge in [0.25, 0.3) is 0 Å². The molecule has 0 atom stereocenters. The minimum absolute atomic E-state index is 0.341. The van der Waals surface area contributed by atoms with Crippen molar-refractivity contribution in [2.75, 3.05) is 0 Å². The Morgan fingerprint density at radius 3 is 2.69 bits per heavy atom. The highest BCUT2D eigenvalue weighted by atomic mass is 35.5. The van der Waals surface area contributed by atoms with Gasteiger partial charge in [-0.05, 0) is 25.1 Å². The van der Waals surface area contributed by atoms with Crippen LogP contribution in [0.4, 0.5) is 5.69 Å². The van der Waals surface area contributed by atoms with Crippen molar-refractivity contribution in [2.24, 2.45) is 0 Å². The van der Waals surface area contributed by atoms with E-state index in [9.17, 15) is 0 Å². The molecule has 1 aromatic carbocycles. The van der Waals surface area contributed by atoms with Gasteiger partial charge < -0.3 is 10.5 Å². The van der Waals surface area contributed by atoms with Gasteiger partial charge in [0.15, 0.2) is 0 Å². The lowest BCUT2D eigenvalue weighted by molar-refractivity contribution is 0.455. The van der Waals surface area contributed by atoms with Crippen molar-refractivity contribution >= 4 is 17.3 Å². The van der Waals surface area contributed by atoms with E-state index in [-0.39, 0.29) is 0 Å². The number of hydrogen-bond acceptors (Lipinski definition) is 3. The molecule has 0 aliphatic heterocycles. The summed E-state index contributed by atoms with van der Waals surface area (Å²) in [7, 11) is 0. The van der Waals surface area contributed by atoms with Gasteiger partial charge in [-0.25, -0.2) is 4.98 Å². The van der Waals surface area contributed by atoms with Gasteiger partial charge >= 0.3 is 0 Å². The maximum atomic E-state index is 7.39. The standard InChI is InChI=1S/C11H9ClN3O/c1-7-11(15-5-4-14-7)16-10-3-2-8(13)6-9(10)12/h2-6,13H,1H3. The van der Waals surface area contributed by atoms with E-state index < -0.39 is 0 Å². The summed E-state index contributed by atoms with van der Waals surface area (Å²) in [4.78, 5) is 8.10. The van der Waals surface area contributed by atoms with Crippen molar-refractivity contribution in [3.05, 3.63) is 41.3 Å². The zero-order valence-electron chi connectivity index (χ0n) is 8.57. The van der Waals surface area contributed by atoms with Gasteiger partial charge in [0.1, 0.15) is 5.75 Å². The second-order valence-corrected chi connectivity index (χ2v) is 3.60. The van der Waals surface area contributed by atoms with Gasteiger partial charge in [0.2, 0.25) is 5.88 Å². The van der Waals surface area contributed by atoms with Crippen LogP contribution in [0.15, 0.2) is 30.6 Å². The van der Waals surface area contributed by atoms with Crippen LogP contribution in [-0.4, -0.2) is 9.97 Å². The molecule has 0 amide bonds. The molecule has 1 aromatic heterocycles. The first-order chi connectivity index (χ1) is 7.66. The molecule has 81 valence electrons. The number of aryl methyl sites for hydroxylation is 1. The molecule has 1 radical (unpaired) electrons. The zero-order chi connectivity index (χ0) is 11.5. The quantitative estimate of drug-likeness (QED) is 0.802. The number of hydrogen-bond donors (Lipinski definition) is 0. The van der Waals surface area contributed by atoms with Crippen LogP contribution in [0.5, 0.6) is 11.6 Å². The van der Waals surface area contributed by atoms with Gasteiger partial charge in [-0.1, -0.05) is 11.6 Å². The van der Waals surface area contributed by atoms with E-state index in [2.05, 4.69) is 9.97 Å². The van der Waals surface area contributed by atoms with Gasteiger partial charge in [-0.3, -0.25) is 4.98 Å². The van der Waals surface area contributed by atoms with Crippen molar-refractivity contribution in [1.82, 2.24) is 15.7 Å². The summed E-state index contributed by atoms with van der Waals surface area (Å²) in [6.07, 6.45) is 3.14. The third-order valence-corrected chi connectivity index (χ3v) is 2.27. The molecule has 0 fully saturated rings. The summed E-state index contributed by atoms with van der Waals surface area (Å²) in [5.41, 5.74) is 8.42. The number of rotatable bonds is 2. The second-order valence-electron chi connectivity index (χ2n) is 3.19. The highest BCUT2D eigenvalue weighted by molar-refractivity contribution is 6.32. The largest absolute Gasteiger partial charge is 0.436 e. The van der Waals surface area contributed by atoms with E-state index in [1.807, 2.05) is 0 Å². The van der Waals surface area contributed by atoms with E-state index in [1.54, 1.807) is 31.5 Å². The van der Waals surface area contributed by atoms with E-state index in [4.69, 9.17) is 22.1 Å². The Balaban J connectivity index is 2.31. The van der Waals surface area contributed by atoms with E-state index in [1.165, 1.54) is 6.07 Å². The molecule has 0 aliphatic carbocycles. The third-order valence-electron chi connectivity index (χ3n) is 1.97. The van der Waals surface area contributed by atoms with Crippen LogP contribution < -0.4 is 10.5 Å². The Bertz CT molecular complexity index is 516. The van der Waals surface area contributed by atoms with Crippen molar-refractivity contribution < 1.29 is 4.74 Å². The predicted molar refractivity (Wildman–Crippen MR) is 61.1 cm³/mol. The minimum Gasteiger partial charge on any atom is -0.436 e. The molecule has 2 aromatic rings. The average molecular weight is 235 g/mol. The lowest BCUT2D eigenvalue weighted by atomic mass is 10.3. The van der Waals surface area contributed by atoms with Crippen LogP contribution in [0.3, 0.4) is 0 Å². The van der Waals surface area contributed by atoms with Crippen LogP contribution >= 0.6 is 11.6 Å². The third kappa shape index (κ3) is 2.23. The second kappa shape index (κ2) is 4.37. The molecular formula is C11H9ClN3O. The van der Waals surface area contributed by atoms with Crippen molar-refractivity contribution in [3.8, 4) is 11.6 Å². The Morgan fingerprint density at radius 1 is 1.25 bits per heavy atom.